The average molecular weight is 341 g/mol. The van der Waals surface area contributed by atoms with Crippen LogP contribution in [0.25, 0.3) is 11.0 Å². The van der Waals surface area contributed by atoms with Gasteiger partial charge in [0.1, 0.15) is 12.4 Å². The van der Waals surface area contributed by atoms with Crippen LogP contribution in [0.4, 0.5) is 11.5 Å². The molecule has 4 rings (SSSR count). The average Bonchev–Trinajstić information content (AvgIpc) is 3.07. The molecule has 0 aromatic carbocycles. The summed E-state index contributed by atoms with van der Waals surface area (Å²) in [5.41, 5.74) is 3.77. The number of aliphatic hydroxyl groups is 1. The molecule has 1 saturated heterocycles. The van der Waals surface area contributed by atoms with Crippen LogP contribution in [0.15, 0.2) is 35.4 Å². The van der Waals surface area contributed by atoms with E-state index in [-0.39, 0.29) is 11.7 Å². The standard InChI is InChI=1S/C17H19N5O3/c1-9(2)3-4-10-7-12(23)17(25-10)22-16-14-11(21-22)5-6-13(24)20-15(14)18-8-19-16/h3-6,8-10,12,17,21,23H,7H2,1-2H3/b4-3+/t10-,12-,17-/m1/s1. The smallest absolute Gasteiger partial charge is 0.271 e. The van der Waals surface area contributed by atoms with Crippen molar-refractivity contribution in [2.45, 2.75) is 38.7 Å². The summed E-state index contributed by atoms with van der Waals surface area (Å²) in [6.45, 7) is 4.18. The number of aromatic nitrogens is 3. The molecule has 2 aliphatic heterocycles. The van der Waals surface area contributed by atoms with Crippen LogP contribution in [0.5, 0.6) is 0 Å². The lowest BCUT2D eigenvalue weighted by molar-refractivity contribution is 0.0255. The summed E-state index contributed by atoms with van der Waals surface area (Å²) in [7, 11) is 0. The van der Waals surface area contributed by atoms with E-state index >= 15 is 0 Å². The van der Waals surface area contributed by atoms with Gasteiger partial charge in [0, 0.05) is 12.5 Å². The molecule has 1 fully saturated rings. The van der Waals surface area contributed by atoms with Gasteiger partial charge in [-0.15, -0.1) is 0 Å². The molecular formula is C17H19N5O3. The second-order valence-electron chi connectivity index (χ2n) is 6.57. The molecule has 8 nitrogen and oxygen atoms in total. The first-order chi connectivity index (χ1) is 12.0. The number of allylic oxidation sites excluding steroid dienone is 1. The van der Waals surface area contributed by atoms with E-state index in [9.17, 15) is 9.90 Å². The number of aliphatic hydroxyl groups excluding tert-OH is 1. The van der Waals surface area contributed by atoms with E-state index < -0.39 is 12.3 Å². The number of hydrogen-bond donors (Lipinski definition) is 2. The van der Waals surface area contributed by atoms with E-state index in [0.29, 0.717) is 34.9 Å². The van der Waals surface area contributed by atoms with Crippen molar-refractivity contribution in [1.82, 2.24) is 15.0 Å². The van der Waals surface area contributed by atoms with Crippen LogP contribution in [0.1, 0.15) is 20.3 Å². The van der Waals surface area contributed by atoms with Crippen LogP contribution in [0.2, 0.25) is 0 Å². The van der Waals surface area contributed by atoms with E-state index in [1.165, 1.54) is 12.4 Å². The summed E-state index contributed by atoms with van der Waals surface area (Å²) in [6, 6.07) is 3.01. The number of nitrogens with one attached hydrogen (secondary N) is 1. The van der Waals surface area contributed by atoms with E-state index in [1.54, 1.807) is 11.1 Å². The zero-order chi connectivity index (χ0) is 17.6. The van der Waals surface area contributed by atoms with Crippen molar-refractivity contribution in [3.63, 3.8) is 0 Å². The molecule has 0 spiro atoms. The monoisotopic (exact) mass is 341 g/mol. The van der Waals surface area contributed by atoms with Gasteiger partial charge in [-0.3, -0.25) is 10.2 Å². The number of hydrogen-bond acceptors (Lipinski definition) is 8. The van der Waals surface area contributed by atoms with Gasteiger partial charge in [-0.2, -0.15) is 4.98 Å². The molecule has 0 amide bonds. The van der Waals surface area contributed by atoms with Crippen molar-refractivity contribution in [3.05, 3.63) is 41.0 Å². The van der Waals surface area contributed by atoms with E-state index in [1.807, 2.05) is 6.08 Å². The number of rotatable bonds is 3. The number of ether oxygens (including phenoxy) is 1. The van der Waals surface area contributed by atoms with Gasteiger partial charge in [0.15, 0.2) is 17.7 Å². The molecule has 0 saturated carbocycles. The predicted octanol–water partition coefficient (Wildman–Crippen LogP) is 1.22. The van der Waals surface area contributed by atoms with Gasteiger partial charge >= 0.3 is 0 Å². The van der Waals surface area contributed by atoms with Crippen LogP contribution < -0.4 is 16.0 Å². The maximum atomic E-state index is 11.6. The first-order valence-electron chi connectivity index (χ1n) is 8.27. The third-order valence-corrected chi connectivity index (χ3v) is 4.24. The highest BCUT2D eigenvalue weighted by Crippen LogP contribution is 2.38. The Hall–Kier alpha value is -2.58. The Kier molecular flexibility index (Phi) is 3.85. The van der Waals surface area contributed by atoms with Crippen molar-refractivity contribution < 1.29 is 9.84 Å². The third-order valence-electron chi connectivity index (χ3n) is 4.24. The lowest BCUT2D eigenvalue weighted by Crippen LogP contribution is -2.44. The summed E-state index contributed by atoms with van der Waals surface area (Å²) in [5, 5.41) is 12.8. The number of nitrogens with zero attached hydrogens (tertiary/aromatic N) is 4. The van der Waals surface area contributed by atoms with Crippen molar-refractivity contribution in [2.75, 3.05) is 10.4 Å². The summed E-state index contributed by atoms with van der Waals surface area (Å²) < 4.78 is 6.00. The second kappa shape index (κ2) is 6.05. The molecule has 130 valence electrons. The fourth-order valence-corrected chi connectivity index (χ4v) is 3.10. The van der Waals surface area contributed by atoms with Gasteiger partial charge in [-0.25, -0.2) is 15.0 Å². The molecule has 2 aromatic heterocycles. The third kappa shape index (κ3) is 2.83. The molecule has 2 aromatic rings. The van der Waals surface area contributed by atoms with E-state index in [4.69, 9.17) is 4.74 Å². The lowest BCUT2D eigenvalue weighted by atomic mass is 10.1. The van der Waals surface area contributed by atoms with Crippen LogP contribution >= 0.6 is 0 Å². The Labute approximate surface area is 144 Å². The quantitative estimate of drug-likeness (QED) is 0.804. The van der Waals surface area contributed by atoms with Gasteiger partial charge in [0.2, 0.25) is 0 Å². The molecule has 25 heavy (non-hydrogen) atoms. The van der Waals surface area contributed by atoms with Crippen molar-refractivity contribution in [2.24, 2.45) is 5.92 Å². The van der Waals surface area contributed by atoms with Crippen LogP contribution in [0, 0.1) is 5.92 Å². The molecule has 0 aliphatic carbocycles. The summed E-state index contributed by atoms with van der Waals surface area (Å²) in [5.74, 6) is 0.962. The van der Waals surface area contributed by atoms with Crippen molar-refractivity contribution in [3.8, 4) is 0 Å². The Morgan fingerprint density at radius 3 is 3.04 bits per heavy atom. The molecule has 2 N–H and O–H groups in total. The minimum absolute atomic E-state index is 0.160. The van der Waals surface area contributed by atoms with Gasteiger partial charge in [0.05, 0.1) is 17.2 Å². The Morgan fingerprint density at radius 1 is 1.40 bits per heavy atom. The van der Waals surface area contributed by atoms with E-state index in [2.05, 4.69) is 40.3 Å². The Bertz CT molecular complexity index is 901. The SMILES string of the molecule is CC(C)/C=C/[C@@H]1C[C@@H](O)[C@H](N2Nc3ccc(=O)nc4ncnc2c34)O1. The highest BCUT2D eigenvalue weighted by molar-refractivity contribution is 6.01. The van der Waals surface area contributed by atoms with Gasteiger partial charge in [-0.05, 0) is 12.0 Å². The van der Waals surface area contributed by atoms with Gasteiger partial charge < -0.3 is 9.84 Å². The van der Waals surface area contributed by atoms with Crippen LogP contribution in [0.3, 0.4) is 0 Å². The van der Waals surface area contributed by atoms with Crippen LogP contribution in [-0.4, -0.2) is 38.5 Å². The summed E-state index contributed by atoms with van der Waals surface area (Å²) >= 11 is 0. The molecule has 2 aliphatic rings. The normalized spacial score (nSPS) is 25.3. The van der Waals surface area contributed by atoms with E-state index in [0.717, 1.165) is 0 Å². The largest absolute Gasteiger partial charge is 0.388 e. The maximum absolute atomic E-state index is 11.6. The fraction of sp³-hybridized carbons (Fsp3) is 0.412. The van der Waals surface area contributed by atoms with Crippen LogP contribution in [-0.2, 0) is 4.74 Å². The zero-order valence-corrected chi connectivity index (χ0v) is 14.0. The minimum atomic E-state index is -0.676. The first kappa shape index (κ1) is 15.9. The topological polar surface area (TPSA) is 100 Å². The highest BCUT2D eigenvalue weighted by Gasteiger charge is 2.41. The Morgan fingerprint density at radius 2 is 2.24 bits per heavy atom. The number of hydrazine groups is 1. The molecule has 0 unspecified atom stereocenters. The van der Waals surface area contributed by atoms with Gasteiger partial charge in [0.25, 0.3) is 5.56 Å². The molecule has 0 radical (unpaired) electrons. The molecule has 0 bridgehead atoms. The number of anilines is 2. The van der Waals surface area contributed by atoms with Crippen molar-refractivity contribution in [1.29, 1.82) is 0 Å². The molecule has 8 heteroatoms. The maximum Gasteiger partial charge on any atom is 0.271 e. The molecule has 4 heterocycles. The predicted molar refractivity (Wildman–Crippen MR) is 93.0 cm³/mol. The zero-order valence-electron chi connectivity index (χ0n) is 14.0. The first-order valence-corrected chi connectivity index (χ1v) is 8.27. The summed E-state index contributed by atoms with van der Waals surface area (Å²) in [6.07, 6.45) is 4.48. The highest BCUT2D eigenvalue weighted by atomic mass is 16.5. The van der Waals surface area contributed by atoms with Crippen molar-refractivity contribution >= 4 is 22.5 Å². The minimum Gasteiger partial charge on any atom is -0.388 e. The Balaban J connectivity index is 1.68. The lowest BCUT2D eigenvalue weighted by Gasteiger charge is -2.27. The molecular weight excluding hydrogens is 322 g/mol. The summed E-state index contributed by atoms with van der Waals surface area (Å²) in [4.78, 5) is 24.0. The second-order valence-corrected chi connectivity index (χ2v) is 6.57. The van der Waals surface area contributed by atoms with Gasteiger partial charge in [-0.1, -0.05) is 26.0 Å². The molecule has 3 atom stereocenters. The fourth-order valence-electron chi connectivity index (χ4n) is 3.10.